The largest absolute Gasteiger partial charge is 0.487 e. The predicted molar refractivity (Wildman–Crippen MR) is 104 cm³/mol. The lowest BCUT2D eigenvalue weighted by Crippen LogP contribution is -2.30. The lowest BCUT2D eigenvalue weighted by molar-refractivity contribution is -0.122. The third-order valence-electron chi connectivity index (χ3n) is 6.17. The zero-order chi connectivity index (χ0) is 19.3. The lowest BCUT2D eigenvalue weighted by atomic mass is 9.87. The van der Waals surface area contributed by atoms with Crippen LogP contribution in [0, 0.1) is 5.92 Å². The van der Waals surface area contributed by atoms with E-state index >= 15 is 0 Å². The molecule has 2 aromatic heterocycles. The first kappa shape index (κ1) is 17.0. The zero-order valence-corrected chi connectivity index (χ0v) is 15.7. The molecule has 1 amide bonds. The van der Waals surface area contributed by atoms with Gasteiger partial charge < -0.3 is 10.5 Å². The molecule has 0 saturated heterocycles. The smallest absolute Gasteiger partial charge is 0.221 e. The maximum Gasteiger partial charge on any atom is 0.221 e. The number of carbonyl (C=O) groups excluding carboxylic acids is 1. The summed E-state index contributed by atoms with van der Waals surface area (Å²) in [6.45, 7) is 0. The van der Waals surface area contributed by atoms with E-state index in [1.54, 1.807) is 6.20 Å². The summed E-state index contributed by atoms with van der Waals surface area (Å²) in [7, 11) is 1.93. The maximum absolute atomic E-state index is 12.2. The van der Waals surface area contributed by atoms with E-state index in [1.165, 1.54) is 0 Å². The van der Waals surface area contributed by atoms with E-state index in [2.05, 4.69) is 22.2 Å². The SMILES string of the molecule is Cn1nccc1Cc1nccc2c1OC1C2CC(C(N)=O)C1c1ccccc1. The first-order valence-electron chi connectivity index (χ1n) is 9.59. The molecular weight excluding hydrogens is 352 g/mol. The van der Waals surface area contributed by atoms with Crippen LogP contribution in [0.5, 0.6) is 5.75 Å². The molecule has 1 aliphatic carbocycles. The molecule has 6 nitrogen and oxygen atoms in total. The summed E-state index contributed by atoms with van der Waals surface area (Å²) in [4.78, 5) is 16.8. The number of nitrogens with zero attached hydrogens (tertiary/aromatic N) is 3. The van der Waals surface area contributed by atoms with E-state index < -0.39 is 0 Å². The van der Waals surface area contributed by atoms with Crippen molar-refractivity contribution in [3.63, 3.8) is 0 Å². The molecule has 0 spiro atoms. The van der Waals surface area contributed by atoms with Crippen molar-refractivity contribution in [2.24, 2.45) is 18.7 Å². The molecule has 4 unspecified atom stereocenters. The number of fused-ring (bicyclic) bond motifs is 3. The minimum atomic E-state index is -0.252. The quantitative estimate of drug-likeness (QED) is 0.761. The Bertz CT molecular complexity index is 1030. The van der Waals surface area contributed by atoms with Crippen molar-refractivity contribution in [1.82, 2.24) is 14.8 Å². The van der Waals surface area contributed by atoms with Gasteiger partial charge in [-0.15, -0.1) is 0 Å². The molecule has 5 rings (SSSR count). The Morgan fingerprint density at radius 1 is 1.21 bits per heavy atom. The summed E-state index contributed by atoms with van der Waals surface area (Å²) in [5, 5.41) is 4.24. The van der Waals surface area contributed by atoms with Gasteiger partial charge in [0.1, 0.15) is 11.9 Å². The predicted octanol–water partition coefficient (Wildman–Crippen LogP) is 2.54. The van der Waals surface area contributed by atoms with Crippen LogP contribution in [-0.2, 0) is 18.3 Å². The van der Waals surface area contributed by atoms with Crippen LogP contribution in [0.4, 0.5) is 0 Å². The van der Waals surface area contributed by atoms with Crippen LogP contribution in [-0.4, -0.2) is 26.8 Å². The molecule has 3 aromatic rings. The van der Waals surface area contributed by atoms with Crippen LogP contribution in [0.25, 0.3) is 0 Å². The van der Waals surface area contributed by atoms with Crippen molar-refractivity contribution in [3.8, 4) is 5.75 Å². The molecule has 0 bridgehead atoms. The Kier molecular flexibility index (Phi) is 3.93. The van der Waals surface area contributed by atoms with Crippen LogP contribution >= 0.6 is 0 Å². The number of aromatic nitrogens is 3. The molecule has 2 N–H and O–H groups in total. The van der Waals surface area contributed by atoms with Crippen LogP contribution < -0.4 is 10.5 Å². The number of hydrogen-bond acceptors (Lipinski definition) is 4. The minimum absolute atomic E-state index is 0.0411. The third-order valence-corrected chi connectivity index (χ3v) is 6.17. The number of nitrogens with two attached hydrogens (primary N) is 1. The van der Waals surface area contributed by atoms with Crippen LogP contribution in [0.1, 0.15) is 40.8 Å². The fraction of sp³-hybridized carbons (Fsp3) is 0.318. The summed E-state index contributed by atoms with van der Waals surface area (Å²) in [6, 6.07) is 14.1. The van der Waals surface area contributed by atoms with E-state index in [0.717, 1.165) is 28.3 Å². The Balaban J connectivity index is 1.53. The summed E-state index contributed by atoms with van der Waals surface area (Å²) in [6.07, 6.45) is 4.91. The van der Waals surface area contributed by atoms with Crippen molar-refractivity contribution in [3.05, 3.63) is 77.4 Å². The van der Waals surface area contributed by atoms with Gasteiger partial charge in [-0.2, -0.15) is 5.10 Å². The van der Waals surface area contributed by atoms with Crippen molar-refractivity contribution < 1.29 is 9.53 Å². The van der Waals surface area contributed by atoms with Gasteiger partial charge in [-0.1, -0.05) is 30.3 Å². The number of aryl methyl sites for hydroxylation is 1. The number of rotatable bonds is 4. The average Bonchev–Trinajstić information content (AvgIpc) is 3.37. The normalized spacial score (nSPS) is 25.2. The molecule has 142 valence electrons. The van der Waals surface area contributed by atoms with Crippen molar-refractivity contribution in [2.75, 3.05) is 0 Å². The summed E-state index contributed by atoms with van der Waals surface area (Å²) >= 11 is 0. The topological polar surface area (TPSA) is 83.0 Å². The molecule has 2 aliphatic rings. The highest BCUT2D eigenvalue weighted by Gasteiger charge is 2.52. The van der Waals surface area contributed by atoms with E-state index in [-0.39, 0.29) is 29.8 Å². The maximum atomic E-state index is 12.2. The monoisotopic (exact) mass is 374 g/mol. The molecule has 6 heteroatoms. The van der Waals surface area contributed by atoms with Gasteiger partial charge in [-0.25, -0.2) is 0 Å². The third kappa shape index (κ3) is 2.59. The van der Waals surface area contributed by atoms with Crippen molar-refractivity contribution >= 4 is 5.91 Å². The van der Waals surface area contributed by atoms with E-state index in [0.29, 0.717) is 12.8 Å². The Morgan fingerprint density at radius 3 is 2.75 bits per heavy atom. The highest BCUT2D eigenvalue weighted by Crippen LogP contribution is 2.55. The summed E-state index contributed by atoms with van der Waals surface area (Å²) < 4.78 is 8.35. The molecule has 1 aromatic carbocycles. The molecule has 1 saturated carbocycles. The highest BCUT2D eigenvalue weighted by atomic mass is 16.5. The number of benzene rings is 1. The Morgan fingerprint density at radius 2 is 2.04 bits per heavy atom. The number of carbonyl (C=O) groups is 1. The van der Waals surface area contributed by atoms with Crippen LogP contribution in [0.15, 0.2) is 54.9 Å². The first-order valence-corrected chi connectivity index (χ1v) is 9.59. The number of primary amides is 1. The van der Waals surface area contributed by atoms with Gasteiger partial charge in [0.15, 0.2) is 0 Å². The second kappa shape index (κ2) is 6.48. The molecule has 1 aliphatic heterocycles. The number of hydrogen-bond donors (Lipinski definition) is 1. The molecule has 3 heterocycles. The van der Waals surface area contributed by atoms with Gasteiger partial charge in [-0.05, 0) is 24.1 Å². The average molecular weight is 374 g/mol. The van der Waals surface area contributed by atoms with E-state index in [9.17, 15) is 4.79 Å². The number of pyridine rings is 1. The van der Waals surface area contributed by atoms with Crippen LogP contribution in [0.3, 0.4) is 0 Å². The Labute approximate surface area is 163 Å². The second-order valence-electron chi connectivity index (χ2n) is 7.67. The van der Waals surface area contributed by atoms with Gasteiger partial charge in [0, 0.05) is 54.9 Å². The molecule has 4 atom stereocenters. The van der Waals surface area contributed by atoms with Gasteiger partial charge in [0.25, 0.3) is 0 Å². The fourth-order valence-electron chi connectivity index (χ4n) is 4.83. The van der Waals surface area contributed by atoms with Gasteiger partial charge in [0.2, 0.25) is 5.91 Å². The van der Waals surface area contributed by atoms with Crippen molar-refractivity contribution in [1.29, 1.82) is 0 Å². The second-order valence-corrected chi connectivity index (χ2v) is 7.67. The van der Waals surface area contributed by atoms with E-state index in [4.69, 9.17) is 10.5 Å². The van der Waals surface area contributed by atoms with Gasteiger partial charge >= 0.3 is 0 Å². The fourth-order valence-corrected chi connectivity index (χ4v) is 4.83. The molecule has 1 fully saturated rings. The Hall–Kier alpha value is -3.15. The van der Waals surface area contributed by atoms with Gasteiger partial charge in [0.05, 0.1) is 5.69 Å². The van der Waals surface area contributed by atoms with Crippen LogP contribution in [0.2, 0.25) is 0 Å². The van der Waals surface area contributed by atoms with E-state index in [1.807, 2.05) is 48.3 Å². The number of amides is 1. The number of ether oxygens (including phenoxy) is 1. The zero-order valence-electron chi connectivity index (χ0n) is 15.7. The molecular formula is C22H22N4O2. The minimum Gasteiger partial charge on any atom is -0.487 e. The first-order chi connectivity index (χ1) is 13.6. The lowest BCUT2D eigenvalue weighted by Gasteiger charge is -2.23. The summed E-state index contributed by atoms with van der Waals surface area (Å²) in [5.41, 5.74) is 10.0. The van der Waals surface area contributed by atoms with Gasteiger partial charge in [-0.3, -0.25) is 14.5 Å². The highest BCUT2D eigenvalue weighted by molar-refractivity contribution is 5.79. The standard InChI is InChI=1S/C22H22N4O2/c1-26-14(7-10-25-26)11-18-20-15(8-9-24-18)16-12-17(22(23)27)19(21(16)28-20)13-5-3-2-4-6-13/h2-10,16-17,19,21H,11-12H2,1H3,(H2,23,27). The summed E-state index contributed by atoms with van der Waals surface area (Å²) in [5.74, 6) is 0.506. The molecule has 28 heavy (non-hydrogen) atoms. The molecule has 0 radical (unpaired) electrons. The van der Waals surface area contributed by atoms with Crippen molar-refractivity contribution in [2.45, 2.75) is 30.8 Å².